The van der Waals surface area contributed by atoms with Crippen molar-refractivity contribution in [2.45, 2.75) is 20.0 Å². The molecular weight excluding hydrogens is 242 g/mol. The van der Waals surface area contributed by atoms with Gasteiger partial charge in [0.1, 0.15) is 0 Å². The molecule has 0 atom stereocenters. The van der Waals surface area contributed by atoms with Gasteiger partial charge in [-0.25, -0.2) is 4.79 Å². The van der Waals surface area contributed by atoms with Crippen molar-refractivity contribution in [1.82, 2.24) is 14.9 Å². The molecule has 1 aromatic heterocycles. The van der Waals surface area contributed by atoms with Crippen LogP contribution < -0.4 is 16.6 Å². The second-order valence-electron chi connectivity index (χ2n) is 4.43. The normalized spacial score (nSPS) is 10.6. The van der Waals surface area contributed by atoms with E-state index in [0.717, 1.165) is 6.54 Å². The average molecular weight is 259 g/mol. The molecule has 0 bridgehead atoms. The Kier molecular flexibility index (Phi) is 4.30. The monoisotopic (exact) mass is 259 g/mol. The molecule has 0 saturated carbocycles. The number of aromatic nitrogens is 2. The predicted molar refractivity (Wildman–Crippen MR) is 74.2 cm³/mol. The third-order valence-electron chi connectivity index (χ3n) is 2.89. The summed E-state index contributed by atoms with van der Waals surface area (Å²) in [5.74, 6) is 0. The number of aryl methyl sites for hydroxylation is 1. The maximum Gasteiger partial charge on any atom is 0.328 e. The van der Waals surface area contributed by atoms with Gasteiger partial charge in [0.25, 0.3) is 5.56 Å². The summed E-state index contributed by atoms with van der Waals surface area (Å²) in [7, 11) is 0. The van der Waals surface area contributed by atoms with Crippen LogP contribution in [0.4, 0.5) is 0 Å². The van der Waals surface area contributed by atoms with Gasteiger partial charge in [0, 0.05) is 31.4 Å². The Morgan fingerprint density at radius 1 is 1.21 bits per heavy atom. The molecule has 2 N–H and O–H groups in total. The predicted octanol–water partition coefficient (Wildman–Crippen LogP) is 0.635. The third kappa shape index (κ3) is 3.66. The summed E-state index contributed by atoms with van der Waals surface area (Å²) in [6.07, 6.45) is 1.59. The maximum atomic E-state index is 11.5. The summed E-state index contributed by atoms with van der Waals surface area (Å²) in [5.41, 5.74) is 1.06. The lowest BCUT2D eigenvalue weighted by molar-refractivity contribution is 0.572. The lowest BCUT2D eigenvalue weighted by Gasteiger charge is -2.07. The molecule has 0 radical (unpaired) electrons. The Morgan fingerprint density at radius 3 is 2.68 bits per heavy atom. The standard InChI is InChI=1S/C14H17N3O2/c1-11-10-17(14(19)16-13(11)18)8-7-15-9-12-5-3-2-4-6-12/h2-6,10,15H,7-9H2,1H3,(H,16,18,19). The Bertz CT molecular complexity index is 644. The summed E-state index contributed by atoms with van der Waals surface area (Å²) in [5, 5.41) is 3.26. The molecule has 2 aromatic rings. The van der Waals surface area contributed by atoms with Gasteiger partial charge in [0.15, 0.2) is 0 Å². The number of hydrogen-bond donors (Lipinski definition) is 2. The van der Waals surface area contributed by atoms with Crippen LogP contribution in [0.3, 0.4) is 0 Å². The van der Waals surface area contributed by atoms with Gasteiger partial charge < -0.3 is 5.32 Å². The second-order valence-corrected chi connectivity index (χ2v) is 4.43. The van der Waals surface area contributed by atoms with Gasteiger partial charge in [0.05, 0.1) is 0 Å². The zero-order valence-electron chi connectivity index (χ0n) is 10.8. The van der Waals surface area contributed by atoms with Crippen LogP contribution in [-0.4, -0.2) is 16.1 Å². The summed E-state index contributed by atoms with van der Waals surface area (Å²) < 4.78 is 1.51. The SMILES string of the molecule is Cc1cn(CCNCc2ccccc2)c(=O)[nH]c1=O. The smallest absolute Gasteiger partial charge is 0.311 e. The molecule has 0 spiro atoms. The molecule has 0 unspecified atom stereocenters. The van der Waals surface area contributed by atoms with Crippen molar-refractivity contribution >= 4 is 0 Å². The molecule has 0 aliphatic rings. The summed E-state index contributed by atoms with van der Waals surface area (Å²) in [6.45, 7) is 3.65. The highest BCUT2D eigenvalue weighted by Gasteiger charge is 2.00. The van der Waals surface area contributed by atoms with Crippen LogP contribution in [-0.2, 0) is 13.1 Å². The van der Waals surface area contributed by atoms with E-state index in [0.29, 0.717) is 18.7 Å². The zero-order chi connectivity index (χ0) is 13.7. The highest BCUT2D eigenvalue weighted by Crippen LogP contribution is 1.96. The number of H-pyrrole nitrogens is 1. The molecule has 0 saturated heterocycles. The van der Waals surface area contributed by atoms with Crippen LogP contribution in [0.2, 0.25) is 0 Å². The van der Waals surface area contributed by atoms with Crippen molar-refractivity contribution in [3.8, 4) is 0 Å². The molecule has 1 heterocycles. The quantitative estimate of drug-likeness (QED) is 0.774. The van der Waals surface area contributed by atoms with E-state index in [9.17, 15) is 9.59 Å². The molecule has 5 heteroatoms. The van der Waals surface area contributed by atoms with E-state index in [1.807, 2.05) is 30.3 Å². The van der Waals surface area contributed by atoms with Gasteiger partial charge >= 0.3 is 5.69 Å². The van der Waals surface area contributed by atoms with Crippen molar-refractivity contribution in [3.05, 3.63) is 68.5 Å². The Labute approximate surface area is 110 Å². The van der Waals surface area contributed by atoms with E-state index in [2.05, 4.69) is 10.3 Å². The average Bonchev–Trinajstić information content (AvgIpc) is 2.41. The second kappa shape index (κ2) is 6.15. The number of hydrogen-bond acceptors (Lipinski definition) is 3. The van der Waals surface area contributed by atoms with Crippen molar-refractivity contribution in [1.29, 1.82) is 0 Å². The van der Waals surface area contributed by atoms with Gasteiger partial charge in [-0.15, -0.1) is 0 Å². The van der Waals surface area contributed by atoms with Gasteiger partial charge in [-0.2, -0.15) is 0 Å². The number of nitrogens with one attached hydrogen (secondary N) is 2. The van der Waals surface area contributed by atoms with Crippen LogP contribution in [0.15, 0.2) is 46.1 Å². The highest BCUT2D eigenvalue weighted by molar-refractivity contribution is 5.14. The highest BCUT2D eigenvalue weighted by atomic mass is 16.2. The molecule has 0 aliphatic carbocycles. The molecule has 0 aliphatic heterocycles. The Balaban J connectivity index is 1.88. The van der Waals surface area contributed by atoms with E-state index < -0.39 is 0 Å². The zero-order valence-corrected chi connectivity index (χ0v) is 10.8. The van der Waals surface area contributed by atoms with Crippen LogP contribution in [0.1, 0.15) is 11.1 Å². The van der Waals surface area contributed by atoms with Gasteiger partial charge in [0.2, 0.25) is 0 Å². The van der Waals surface area contributed by atoms with Gasteiger partial charge in [-0.05, 0) is 12.5 Å². The number of aromatic amines is 1. The van der Waals surface area contributed by atoms with E-state index in [4.69, 9.17) is 0 Å². The van der Waals surface area contributed by atoms with E-state index in [-0.39, 0.29) is 11.2 Å². The number of benzene rings is 1. The fourth-order valence-electron chi connectivity index (χ4n) is 1.81. The van der Waals surface area contributed by atoms with Crippen molar-refractivity contribution < 1.29 is 0 Å². The summed E-state index contributed by atoms with van der Waals surface area (Å²) in [4.78, 5) is 25.0. The first kappa shape index (κ1) is 13.3. The summed E-state index contributed by atoms with van der Waals surface area (Å²) in [6, 6.07) is 10.1. The van der Waals surface area contributed by atoms with Crippen LogP contribution in [0.25, 0.3) is 0 Å². The van der Waals surface area contributed by atoms with Crippen LogP contribution in [0.5, 0.6) is 0 Å². The maximum absolute atomic E-state index is 11.5. The molecular formula is C14H17N3O2. The largest absolute Gasteiger partial charge is 0.328 e. The van der Waals surface area contributed by atoms with Gasteiger partial charge in [-0.1, -0.05) is 30.3 Å². The molecule has 2 rings (SSSR count). The fourth-order valence-corrected chi connectivity index (χ4v) is 1.81. The van der Waals surface area contributed by atoms with Crippen LogP contribution in [0, 0.1) is 6.92 Å². The van der Waals surface area contributed by atoms with Crippen molar-refractivity contribution in [2.24, 2.45) is 0 Å². The number of nitrogens with zero attached hydrogens (tertiary/aromatic N) is 1. The lowest BCUT2D eigenvalue weighted by atomic mass is 10.2. The first-order valence-electron chi connectivity index (χ1n) is 6.22. The van der Waals surface area contributed by atoms with Crippen molar-refractivity contribution in [2.75, 3.05) is 6.54 Å². The first-order valence-corrected chi connectivity index (χ1v) is 6.22. The molecule has 19 heavy (non-hydrogen) atoms. The van der Waals surface area contributed by atoms with Crippen LogP contribution >= 0.6 is 0 Å². The molecule has 0 amide bonds. The fraction of sp³-hybridized carbons (Fsp3) is 0.286. The molecule has 100 valence electrons. The summed E-state index contributed by atoms with van der Waals surface area (Å²) >= 11 is 0. The lowest BCUT2D eigenvalue weighted by Crippen LogP contribution is -2.33. The third-order valence-corrected chi connectivity index (χ3v) is 2.89. The topological polar surface area (TPSA) is 66.9 Å². The van der Waals surface area contributed by atoms with E-state index in [1.165, 1.54) is 10.1 Å². The van der Waals surface area contributed by atoms with E-state index >= 15 is 0 Å². The molecule has 5 nitrogen and oxygen atoms in total. The van der Waals surface area contributed by atoms with E-state index in [1.54, 1.807) is 13.1 Å². The number of rotatable bonds is 5. The first-order chi connectivity index (χ1) is 9.16. The Morgan fingerprint density at radius 2 is 1.95 bits per heavy atom. The molecule has 1 aromatic carbocycles. The Hall–Kier alpha value is -2.14. The minimum absolute atomic E-state index is 0.321. The molecule has 0 fully saturated rings. The van der Waals surface area contributed by atoms with Gasteiger partial charge in [-0.3, -0.25) is 14.3 Å². The minimum atomic E-state index is -0.364. The minimum Gasteiger partial charge on any atom is -0.311 e. The van der Waals surface area contributed by atoms with Crippen molar-refractivity contribution in [3.63, 3.8) is 0 Å².